The van der Waals surface area contributed by atoms with Crippen molar-refractivity contribution in [2.75, 3.05) is 14.1 Å². The lowest BCUT2D eigenvalue weighted by Crippen LogP contribution is -2.50. The van der Waals surface area contributed by atoms with Crippen LogP contribution in [0, 0.1) is 6.92 Å². The van der Waals surface area contributed by atoms with Crippen molar-refractivity contribution in [3.63, 3.8) is 0 Å². The van der Waals surface area contributed by atoms with Crippen molar-refractivity contribution in [2.45, 2.75) is 51.0 Å². The molecule has 0 N–H and O–H groups in total. The number of hydrogen-bond donors (Lipinski definition) is 0. The third-order valence-electron chi connectivity index (χ3n) is 4.49. The fraction of sp³-hybridized carbons (Fsp3) is 0.588. The number of aryl methyl sites for hydroxylation is 1. The fourth-order valence-corrected chi connectivity index (χ4v) is 3.25. The molecule has 1 saturated carbocycles. The minimum Gasteiger partial charge on any atom is -0.297 e. The molecule has 0 amide bonds. The van der Waals surface area contributed by atoms with Gasteiger partial charge in [-0.3, -0.25) is 9.69 Å². The molecule has 1 fully saturated rings. The topological polar surface area (TPSA) is 20.3 Å². The Balaban J connectivity index is 2.35. The summed E-state index contributed by atoms with van der Waals surface area (Å²) < 4.78 is 0. The van der Waals surface area contributed by atoms with Gasteiger partial charge in [-0.2, -0.15) is 0 Å². The van der Waals surface area contributed by atoms with Crippen molar-refractivity contribution in [3.8, 4) is 0 Å². The van der Waals surface area contributed by atoms with Gasteiger partial charge in [-0.25, -0.2) is 0 Å². The molecule has 0 aliphatic heterocycles. The smallest absolute Gasteiger partial charge is 0.183 e. The average Bonchev–Trinajstić information content (AvgIpc) is 2.64. The quantitative estimate of drug-likeness (QED) is 0.607. The number of likely N-dealkylation sites (N-methyl/N-ethyl adjacent to an activating group) is 1. The molecule has 0 spiro atoms. The summed E-state index contributed by atoms with van der Waals surface area (Å²) in [5.74, 6) is 0.308. The monoisotopic (exact) mass is 259 g/mol. The molecule has 2 rings (SSSR count). The van der Waals surface area contributed by atoms with E-state index in [1.54, 1.807) is 0 Å². The van der Waals surface area contributed by atoms with Gasteiger partial charge in [-0.1, -0.05) is 49.4 Å². The first-order chi connectivity index (χ1) is 9.06. The number of Topliss-reactive ketones (excluding diaryl/α,β-unsaturated/α-hetero) is 1. The molecule has 0 aromatic heterocycles. The summed E-state index contributed by atoms with van der Waals surface area (Å²) in [6, 6.07) is 8.03. The molecule has 2 nitrogen and oxygen atoms in total. The maximum absolute atomic E-state index is 13.0. The van der Waals surface area contributed by atoms with Crippen molar-refractivity contribution in [1.29, 1.82) is 0 Å². The molecule has 0 saturated heterocycles. The average molecular weight is 259 g/mol. The van der Waals surface area contributed by atoms with E-state index in [1.165, 1.54) is 12.8 Å². The van der Waals surface area contributed by atoms with Gasteiger partial charge >= 0.3 is 0 Å². The van der Waals surface area contributed by atoms with Gasteiger partial charge in [0.1, 0.15) is 0 Å². The first-order valence-electron chi connectivity index (χ1n) is 7.35. The molecule has 0 unspecified atom stereocenters. The third kappa shape index (κ3) is 2.89. The number of hydrogen-bond acceptors (Lipinski definition) is 2. The number of rotatable bonds is 3. The second-order valence-corrected chi connectivity index (χ2v) is 6.04. The number of carbonyl (C=O) groups is 1. The Morgan fingerprint density at radius 3 is 2.26 bits per heavy atom. The lowest BCUT2D eigenvalue weighted by atomic mass is 9.81. The second-order valence-electron chi connectivity index (χ2n) is 6.04. The Kier molecular flexibility index (Phi) is 4.41. The first-order valence-corrected chi connectivity index (χ1v) is 7.35. The molecule has 0 heterocycles. The van der Waals surface area contributed by atoms with E-state index in [0.29, 0.717) is 5.78 Å². The van der Waals surface area contributed by atoms with E-state index in [4.69, 9.17) is 0 Å². The summed E-state index contributed by atoms with van der Waals surface area (Å²) in [5, 5.41) is 0. The van der Waals surface area contributed by atoms with Crippen LogP contribution in [0.4, 0.5) is 0 Å². The predicted molar refractivity (Wildman–Crippen MR) is 79.6 cm³/mol. The van der Waals surface area contributed by atoms with Crippen molar-refractivity contribution in [2.24, 2.45) is 0 Å². The minimum atomic E-state index is -0.287. The lowest BCUT2D eigenvalue weighted by Gasteiger charge is -2.38. The number of carbonyl (C=O) groups excluding carboxylic acids is 1. The van der Waals surface area contributed by atoms with Gasteiger partial charge in [-0.15, -0.1) is 0 Å². The zero-order valence-electron chi connectivity index (χ0n) is 12.4. The van der Waals surface area contributed by atoms with Crippen molar-refractivity contribution >= 4 is 5.78 Å². The maximum atomic E-state index is 13.0. The highest BCUT2D eigenvalue weighted by Crippen LogP contribution is 2.34. The largest absolute Gasteiger partial charge is 0.297 e. The van der Waals surface area contributed by atoms with Crippen LogP contribution in [0.1, 0.15) is 54.4 Å². The van der Waals surface area contributed by atoms with Crippen LogP contribution in [-0.4, -0.2) is 30.3 Å². The Hall–Kier alpha value is -1.15. The van der Waals surface area contributed by atoms with E-state index in [0.717, 1.165) is 36.8 Å². The van der Waals surface area contributed by atoms with Gasteiger partial charge in [0.05, 0.1) is 5.54 Å². The Labute approximate surface area is 116 Å². The van der Waals surface area contributed by atoms with E-state index in [9.17, 15) is 4.79 Å². The summed E-state index contributed by atoms with van der Waals surface area (Å²) in [6.07, 6.45) is 6.83. The summed E-state index contributed by atoms with van der Waals surface area (Å²) in [7, 11) is 4.11. The highest BCUT2D eigenvalue weighted by molar-refractivity contribution is 6.03. The van der Waals surface area contributed by atoms with Crippen LogP contribution in [0.15, 0.2) is 24.3 Å². The van der Waals surface area contributed by atoms with Crippen LogP contribution in [-0.2, 0) is 0 Å². The van der Waals surface area contributed by atoms with Crippen LogP contribution in [0.2, 0.25) is 0 Å². The number of benzene rings is 1. The number of nitrogens with zero attached hydrogens (tertiary/aromatic N) is 1. The van der Waals surface area contributed by atoms with E-state index in [-0.39, 0.29) is 5.54 Å². The van der Waals surface area contributed by atoms with Crippen molar-refractivity contribution < 1.29 is 4.79 Å². The van der Waals surface area contributed by atoms with E-state index < -0.39 is 0 Å². The minimum absolute atomic E-state index is 0.287. The molecule has 1 aliphatic rings. The SMILES string of the molecule is Cc1cccc(C(=O)C2(N(C)C)CCCCCC2)c1. The molecule has 0 bridgehead atoms. The van der Waals surface area contributed by atoms with Crippen LogP contribution in [0.25, 0.3) is 0 Å². The molecule has 0 atom stereocenters. The van der Waals surface area contributed by atoms with Crippen molar-refractivity contribution in [3.05, 3.63) is 35.4 Å². The van der Waals surface area contributed by atoms with Gasteiger partial charge in [0.25, 0.3) is 0 Å². The maximum Gasteiger partial charge on any atom is 0.183 e. The summed E-state index contributed by atoms with van der Waals surface area (Å²) >= 11 is 0. The van der Waals surface area contributed by atoms with Crippen LogP contribution in [0.5, 0.6) is 0 Å². The standard InChI is InChI=1S/C17H25NO/c1-14-9-8-10-15(13-14)16(19)17(18(2)3)11-6-4-5-7-12-17/h8-10,13H,4-7,11-12H2,1-3H3. The van der Waals surface area contributed by atoms with Gasteiger partial charge in [0, 0.05) is 5.56 Å². The van der Waals surface area contributed by atoms with E-state index in [2.05, 4.69) is 19.0 Å². The Morgan fingerprint density at radius 1 is 1.11 bits per heavy atom. The zero-order valence-corrected chi connectivity index (χ0v) is 12.4. The van der Waals surface area contributed by atoms with Gasteiger partial charge in [-0.05, 0) is 39.9 Å². The van der Waals surface area contributed by atoms with Gasteiger partial charge in [0.15, 0.2) is 5.78 Å². The van der Waals surface area contributed by atoms with Crippen molar-refractivity contribution in [1.82, 2.24) is 4.90 Å². The van der Waals surface area contributed by atoms with Gasteiger partial charge in [0.2, 0.25) is 0 Å². The normalized spacial score (nSPS) is 19.2. The van der Waals surface area contributed by atoms with Crippen LogP contribution in [0.3, 0.4) is 0 Å². The number of ketones is 1. The molecular weight excluding hydrogens is 234 g/mol. The summed E-state index contributed by atoms with van der Waals surface area (Å²) in [5.41, 5.74) is 1.74. The van der Waals surface area contributed by atoms with E-state index >= 15 is 0 Å². The molecule has 0 radical (unpaired) electrons. The Morgan fingerprint density at radius 2 is 1.74 bits per heavy atom. The third-order valence-corrected chi connectivity index (χ3v) is 4.49. The molecular formula is C17H25NO. The second kappa shape index (κ2) is 5.87. The Bertz CT molecular complexity index is 442. The highest BCUT2D eigenvalue weighted by atomic mass is 16.1. The fourth-order valence-electron chi connectivity index (χ4n) is 3.25. The summed E-state index contributed by atoms with van der Waals surface area (Å²) in [6.45, 7) is 2.05. The predicted octanol–water partition coefficient (Wildman–Crippen LogP) is 3.83. The molecule has 1 aliphatic carbocycles. The first kappa shape index (κ1) is 14.3. The van der Waals surface area contributed by atoms with E-state index in [1.807, 2.05) is 31.2 Å². The van der Waals surface area contributed by atoms with Crippen LogP contribution >= 0.6 is 0 Å². The van der Waals surface area contributed by atoms with Crippen LogP contribution < -0.4 is 0 Å². The molecule has 104 valence electrons. The van der Waals surface area contributed by atoms with Gasteiger partial charge < -0.3 is 0 Å². The molecule has 19 heavy (non-hydrogen) atoms. The molecule has 2 heteroatoms. The lowest BCUT2D eigenvalue weighted by molar-refractivity contribution is 0.0635. The highest BCUT2D eigenvalue weighted by Gasteiger charge is 2.40. The molecule has 1 aromatic rings. The summed E-state index contributed by atoms with van der Waals surface area (Å²) in [4.78, 5) is 15.2. The zero-order chi connectivity index (χ0) is 13.9. The molecule has 1 aromatic carbocycles.